The Labute approximate surface area is 84.5 Å². The van der Waals surface area contributed by atoms with Crippen molar-refractivity contribution in [3.63, 3.8) is 0 Å². The van der Waals surface area contributed by atoms with Gasteiger partial charge in [-0.2, -0.15) is 0 Å². The van der Waals surface area contributed by atoms with Crippen LogP contribution in [-0.2, 0) is 19.0 Å². The standard InChI is InChI=1S/C10H18O4/c1-10(2,9(11)12-3)7-14-8-4-5-13-6-8/h8H,4-7H2,1-3H3. The number of ether oxygens (including phenoxy) is 3. The van der Waals surface area contributed by atoms with Gasteiger partial charge in [0.2, 0.25) is 0 Å². The summed E-state index contributed by atoms with van der Waals surface area (Å²) in [4.78, 5) is 11.3. The maximum absolute atomic E-state index is 11.3. The highest BCUT2D eigenvalue weighted by atomic mass is 16.6. The maximum atomic E-state index is 11.3. The van der Waals surface area contributed by atoms with Gasteiger partial charge in [0.15, 0.2) is 0 Å². The molecule has 1 rings (SSSR count). The molecule has 1 heterocycles. The highest BCUT2D eigenvalue weighted by Crippen LogP contribution is 2.20. The fourth-order valence-corrected chi connectivity index (χ4v) is 1.31. The third-order valence-corrected chi connectivity index (χ3v) is 2.31. The first kappa shape index (κ1) is 11.5. The van der Waals surface area contributed by atoms with Gasteiger partial charge < -0.3 is 14.2 Å². The summed E-state index contributed by atoms with van der Waals surface area (Å²) in [6.45, 7) is 5.40. The lowest BCUT2D eigenvalue weighted by Gasteiger charge is -2.22. The highest BCUT2D eigenvalue weighted by molar-refractivity contribution is 5.75. The van der Waals surface area contributed by atoms with Gasteiger partial charge in [-0.25, -0.2) is 0 Å². The minimum Gasteiger partial charge on any atom is -0.469 e. The van der Waals surface area contributed by atoms with E-state index in [0.717, 1.165) is 13.0 Å². The number of carbonyl (C=O) groups is 1. The second-order valence-electron chi connectivity index (χ2n) is 4.17. The van der Waals surface area contributed by atoms with Gasteiger partial charge >= 0.3 is 5.97 Å². The Bertz CT molecular complexity index is 194. The lowest BCUT2D eigenvalue weighted by atomic mass is 9.95. The van der Waals surface area contributed by atoms with Crippen molar-refractivity contribution < 1.29 is 19.0 Å². The quantitative estimate of drug-likeness (QED) is 0.638. The summed E-state index contributed by atoms with van der Waals surface area (Å²) in [5, 5.41) is 0. The molecule has 0 amide bonds. The first-order chi connectivity index (χ1) is 6.56. The van der Waals surface area contributed by atoms with E-state index in [2.05, 4.69) is 4.74 Å². The van der Waals surface area contributed by atoms with E-state index in [9.17, 15) is 4.79 Å². The van der Waals surface area contributed by atoms with E-state index in [0.29, 0.717) is 13.2 Å². The molecule has 14 heavy (non-hydrogen) atoms. The molecule has 0 radical (unpaired) electrons. The van der Waals surface area contributed by atoms with Gasteiger partial charge in [-0.05, 0) is 20.3 Å². The fourth-order valence-electron chi connectivity index (χ4n) is 1.31. The summed E-state index contributed by atoms with van der Waals surface area (Å²) in [5.74, 6) is -0.239. The lowest BCUT2D eigenvalue weighted by molar-refractivity contribution is -0.155. The topological polar surface area (TPSA) is 44.8 Å². The molecule has 0 N–H and O–H groups in total. The summed E-state index contributed by atoms with van der Waals surface area (Å²) in [7, 11) is 1.39. The highest BCUT2D eigenvalue weighted by Gasteiger charge is 2.30. The molecule has 0 aromatic heterocycles. The molecule has 1 atom stereocenters. The van der Waals surface area contributed by atoms with Crippen LogP contribution in [0.25, 0.3) is 0 Å². The number of esters is 1. The van der Waals surface area contributed by atoms with Gasteiger partial charge in [-0.3, -0.25) is 4.79 Å². The number of hydrogen-bond acceptors (Lipinski definition) is 4. The summed E-state index contributed by atoms with van der Waals surface area (Å²) >= 11 is 0. The molecular weight excluding hydrogens is 184 g/mol. The Morgan fingerprint density at radius 2 is 2.29 bits per heavy atom. The molecule has 4 heteroatoms. The number of methoxy groups -OCH3 is 1. The van der Waals surface area contributed by atoms with Gasteiger partial charge in [-0.15, -0.1) is 0 Å². The Morgan fingerprint density at radius 1 is 1.57 bits per heavy atom. The van der Waals surface area contributed by atoms with Crippen LogP contribution < -0.4 is 0 Å². The lowest BCUT2D eigenvalue weighted by Crippen LogP contribution is -2.33. The predicted octanol–water partition coefficient (Wildman–Crippen LogP) is 0.991. The van der Waals surface area contributed by atoms with E-state index in [-0.39, 0.29) is 12.1 Å². The van der Waals surface area contributed by atoms with Crippen molar-refractivity contribution in [2.75, 3.05) is 26.9 Å². The minimum absolute atomic E-state index is 0.138. The summed E-state index contributed by atoms with van der Waals surface area (Å²) in [6, 6.07) is 0. The van der Waals surface area contributed by atoms with Gasteiger partial charge in [-0.1, -0.05) is 0 Å². The second-order valence-corrected chi connectivity index (χ2v) is 4.17. The molecule has 1 aliphatic heterocycles. The average Bonchev–Trinajstić information content (AvgIpc) is 2.66. The van der Waals surface area contributed by atoms with Crippen LogP contribution in [-0.4, -0.2) is 39.0 Å². The first-order valence-electron chi connectivity index (χ1n) is 4.84. The van der Waals surface area contributed by atoms with Crippen molar-refractivity contribution in [3.05, 3.63) is 0 Å². The average molecular weight is 202 g/mol. The summed E-state index contributed by atoms with van der Waals surface area (Å²) < 4.78 is 15.4. The third kappa shape index (κ3) is 2.96. The van der Waals surface area contributed by atoms with E-state index in [1.54, 1.807) is 0 Å². The molecule has 0 saturated carbocycles. The fraction of sp³-hybridized carbons (Fsp3) is 0.900. The molecular formula is C10H18O4. The molecule has 0 aliphatic carbocycles. The largest absolute Gasteiger partial charge is 0.469 e. The third-order valence-electron chi connectivity index (χ3n) is 2.31. The smallest absolute Gasteiger partial charge is 0.313 e. The summed E-state index contributed by atoms with van der Waals surface area (Å²) in [5.41, 5.74) is -0.572. The Morgan fingerprint density at radius 3 is 2.79 bits per heavy atom. The van der Waals surface area contributed by atoms with E-state index < -0.39 is 5.41 Å². The Hall–Kier alpha value is -0.610. The van der Waals surface area contributed by atoms with E-state index in [1.807, 2.05) is 13.8 Å². The molecule has 0 spiro atoms. The van der Waals surface area contributed by atoms with Crippen molar-refractivity contribution in [1.82, 2.24) is 0 Å². The van der Waals surface area contributed by atoms with Crippen LogP contribution in [0.3, 0.4) is 0 Å². The molecule has 0 aromatic rings. The second kappa shape index (κ2) is 4.75. The van der Waals surface area contributed by atoms with Crippen molar-refractivity contribution in [2.45, 2.75) is 26.4 Å². The van der Waals surface area contributed by atoms with E-state index >= 15 is 0 Å². The molecule has 0 aromatic carbocycles. The minimum atomic E-state index is -0.572. The SMILES string of the molecule is COC(=O)C(C)(C)COC1CCOC1. The van der Waals surface area contributed by atoms with Crippen LogP contribution >= 0.6 is 0 Å². The Kier molecular flexibility index (Phi) is 3.89. The van der Waals surface area contributed by atoms with Crippen molar-refractivity contribution in [3.8, 4) is 0 Å². The van der Waals surface area contributed by atoms with Gasteiger partial charge in [0, 0.05) is 6.61 Å². The zero-order chi connectivity index (χ0) is 10.6. The zero-order valence-corrected chi connectivity index (χ0v) is 9.04. The van der Waals surface area contributed by atoms with Crippen molar-refractivity contribution in [2.24, 2.45) is 5.41 Å². The summed E-state index contributed by atoms with van der Waals surface area (Å²) in [6.07, 6.45) is 1.05. The van der Waals surface area contributed by atoms with Gasteiger partial charge in [0.25, 0.3) is 0 Å². The van der Waals surface area contributed by atoms with E-state index in [4.69, 9.17) is 9.47 Å². The molecule has 4 nitrogen and oxygen atoms in total. The number of rotatable bonds is 4. The number of hydrogen-bond donors (Lipinski definition) is 0. The van der Waals surface area contributed by atoms with Crippen molar-refractivity contribution >= 4 is 5.97 Å². The maximum Gasteiger partial charge on any atom is 0.313 e. The molecule has 0 bridgehead atoms. The van der Waals surface area contributed by atoms with Crippen LogP contribution in [0.15, 0.2) is 0 Å². The van der Waals surface area contributed by atoms with Crippen LogP contribution in [0.1, 0.15) is 20.3 Å². The van der Waals surface area contributed by atoms with Crippen LogP contribution in [0, 0.1) is 5.41 Å². The predicted molar refractivity (Wildman–Crippen MR) is 51.0 cm³/mol. The van der Waals surface area contributed by atoms with Gasteiger partial charge in [0.05, 0.1) is 31.8 Å². The first-order valence-corrected chi connectivity index (χ1v) is 4.84. The number of carbonyl (C=O) groups excluding carboxylic acids is 1. The normalized spacial score (nSPS) is 22.4. The van der Waals surface area contributed by atoms with Crippen molar-refractivity contribution in [1.29, 1.82) is 0 Å². The molecule has 1 aliphatic rings. The van der Waals surface area contributed by atoms with E-state index in [1.165, 1.54) is 7.11 Å². The van der Waals surface area contributed by atoms with Crippen LogP contribution in [0.2, 0.25) is 0 Å². The molecule has 1 saturated heterocycles. The molecule has 1 fully saturated rings. The van der Waals surface area contributed by atoms with Crippen LogP contribution in [0.5, 0.6) is 0 Å². The zero-order valence-electron chi connectivity index (χ0n) is 9.04. The van der Waals surface area contributed by atoms with Gasteiger partial charge in [0.1, 0.15) is 0 Å². The molecule has 82 valence electrons. The van der Waals surface area contributed by atoms with Crippen LogP contribution in [0.4, 0.5) is 0 Å². The monoisotopic (exact) mass is 202 g/mol. The molecule has 1 unspecified atom stereocenters. The Balaban J connectivity index is 2.31.